The van der Waals surface area contributed by atoms with Gasteiger partial charge in [-0.15, -0.1) is 0 Å². The summed E-state index contributed by atoms with van der Waals surface area (Å²) < 4.78 is 52.2. The first kappa shape index (κ1) is 16.8. The van der Waals surface area contributed by atoms with E-state index in [4.69, 9.17) is 0 Å². The lowest BCUT2D eigenvalue weighted by Gasteiger charge is -2.06. The summed E-state index contributed by atoms with van der Waals surface area (Å²) in [6.45, 7) is 0. The first-order valence-electron chi connectivity index (χ1n) is 7.42. The molecule has 0 aliphatic carbocycles. The normalized spacial score (nSPS) is 12.0. The second-order valence-electron chi connectivity index (χ2n) is 5.69. The maximum absolute atomic E-state index is 13.7. The van der Waals surface area contributed by atoms with Crippen molar-refractivity contribution in [3.05, 3.63) is 60.4 Å². The van der Waals surface area contributed by atoms with Crippen molar-refractivity contribution in [1.82, 2.24) is 14.6 Å². The fourth-order valence-corrected chi connectivity index (χ4v) is 4.38. The zero-order chi connectivity index (χ0) is 18.5. The van der Waals surface area contributed by atoms with Crippen LogP contribution < -0.4 is 0 Å². The number of aromatic nitrogens is 3. The molecule has 5 nitrogen and oxygen atoms in total. The van der Waals surface area contributed by atoms with Crippen LogP contribution >= 0.6 is 11.3 Å². The Morgan fingerprint density at radius 1 is 1.00 bits per heavy atom. The second kappa shape index (κ2) is 5.96. The first-order chi connectivity index (χ1) is 12.3. The average Bonchev–Trinajstić information content (AvgIpc) is 3.13. The molecule has 0 bridgehead atoms. The van der Waals surface area contributed by atoms with Gasteiger partial charge in [-0.05, 0) is 29.8 Å². The molecule has 0 unspecified atom stereocenters. The van der Waals surface area contributed by atoms with Crippen molar-refractivity contribution < 1.29 is 17.2 Å². The van der Waals surface area contributed by atoms with Gasteiger partial charge in [-0.3, -0.25) is 0 Å². The predicted molar refractivity (Wildman–Crippen MR) is 94.8 cm³/mol. The highest BCUT2D eigenvalue weighted by atomic mass is 32.2. The number of thiazole rings is 1. The number of nitrogens with zero attached hydrogens (tertiary/aromatic N) is 3. The average molecular weight is 391 g/mol. The third-order valence-electron chi connectivity index (χ3n) is 3.82. The van der Waals surface area contributed by atoms with Gasteiger partial charge in [0.1, 0.15) is 18.0 Å². The van der Waals surface area contributed by atoms with Crippen LogP contribution in [0, 0.1) is 11.6 Å². The van der Waals surface area contributed by atoms with Gasteiger partial charge < -0.3 is 0 Å². The summed E-state index contributed by atoms with van der Waals surface area (Å²) >= 11 is 1.30. The van der Waals surface area contributed by atoms with Gasteiger partial charge in [0.15, 0.2) is 9.84 Å². The van der Waals surface area contributed by atoms with Gasteiger partial charge in [-0.25, -0.2) is 26.7 Å². The molecule has 0 aliphatic rings. The highest BCUT2D eigenvalue weighted by Gasteiger charge is 2.19. The molecule has 0 atom stereocenters. The fourth-order valence-electron chi connectivity index (χ4n) is 2.68. The summed E-state index contributed by atoms with van der Waals surface area (Å²) in [6, 6.07) is 9.55. The van der Waals surface area contributed by atoms with E-state index >= 15 is 0 Å². The molecule has 0 amide bonds. The Hall–Kier alpha value is -2.65. The topological polar surface area (TPSA) is 64.3 Å². The molecule has 0 aliphatic heterocycles. The summed E-state index contributed by atoms with van der Waals surface area (Å²) in [7, 11) is -3.31. The van der Waals surface area contributed by atoms with E-state index in [0.717, 1.165) is 12.3 Å². The lowest BCUT2D eigenvalue weighted by atomic mass is 10.1. The summed E-state index contributed by atoms with van der Waals surface area (Å²) in [4.78, 5) is 5.58. The van der Waals surface area contributed by atoms with Crippen molar-refractivity contribution in [3.63, 3.8) is 0 Å². The Kier molecular flexibility index (Phi) is 3.85. The Morgan fingerprint density at radius 2 is 1.65 bits per heavy atom. The van der Waals surface area contributed by atoms with Crippen molar-refractivity contribution >= 4 is 26.1 Å². The van der Waals surface area contributed by atoms with Gasteiger partial charge in [-0.1, -0.05) is 23.5 Å². The summed E-state index contributed by atoms with van der Waals surface area (Å²) in [5, 5.41) is 4.13. The van der Waals surface area contributed by atoms with Crippen molar-refractivity contribution in [2.24, 2.45) is 0 Å². The Balaban J connectivity index is 1.95. The van der Waals surface area contributed by atoms with E-state index in [1.54, 1.807) is 12.1 Å². The van der Waals surface area contributed by atoms with Gasteiger partial charge in [-0.2, -0.15) is 5.10 Å². The molecule has 4 aromatic rings. The molecule has 0 spiro atoms. The fraction of sp³-hybridized carbons (Fsp3) is 0.0588. The van der Waals surface area contributed by atoms with Crippen LogP contribution in [-0.2, 0) is 9.84 Å². The van der Waals surface area contributed by atoms with Crippen LogP contribution in [-0.4, -0.2) is 29.3 Å². The number of fused-ring (bicyclic) bond motifs is 1. The predicted octanol–water partition coefficient (Wildman–Crippen LogP) is 3.81. The molecule has 0 fully saturated rings. The maximum Gasteiger partial charge on any atom is 0.213 e. The van der Waals surface area contributed by atoms with Gasteiger partial charge in [0.25, 0.3) is 0 Å². The van der Waals surface area contributed by atoms with E-state index in [1.807, 2.05) is 0 Å². The SMILES string of the molecule is CS(=O)(=O)c1ccc(-c2sc3ncnn3c2-c2cc(F)cc(F)c2)cc1. The number of hydrogen-bond donors (Lipinski definition) is 0. The minimum atomic E-state index is -3.31. The van der Waals surface area contributed by atoms with Gasteiger partial charge >= 0.3 is 0 Å². The molecule has 0 N–H and O–H groups in total. The third-order valence-corrected chi connectivity index (χ3v) is 6.04. The number of benzene rings is 2. The van der Waals surface area contributed by atoms with E-state index in [2.05, 4.69) is 10.1 Å². The molecule has 2 aromatic carbocycles. The molecule has 2 aromatic heterocycles. The molecule has 132 valence electrons. The highest BCUT2D eigenvalue weighted by molar-refractivity contribution is 7.90. The zero-order valence-corrected chi connectivity index (χ0v) is 15.0. The van der Waals surface area contributed by atoms with Gasteiger partial charge in [0, 0.05) is 17.9 Å². The first-order valence-corrected chi connectivity index (χ1v) is 10.1. The number of hydrogen-bond acceptors (Lipinski definition) is 5. The quantitative estimate of drug-likeness (QED) is 0.533. The largest absolute Gasteiger partial charge is 0.224 e. The minimum absolute atomic E-state index is 0.194. The molecule has 0 radical (unpaired) electrons. The molecular formula is C17H11F2N3O2S2. The van der Waals surface area contributed by atoms with E-state index in [-0.39, 0.29) is 4.90 Å². The summed E-state index contributed by atoms with van der Waals surface area (Å²) in [6.07, 6.45) is 2.49. The number of halogens is 2. The Morgan fingerprint density at radius 3 is 2.27 bits per heavy atom. The van der Waals surface area contributed by atoms with Crippen LogP contribution in [0.15, 0.2) is 53.7 Å². The maximum atomic E-state index is 13.7. The lowest BCUT2D eigenvalue weighted by molar-refractivity contribution is 0.584. The van der Waals surface area contributed by atoms with Crippen LogP contribution in [0.1, 0.15) is 0 Å². The Labute approximate surface area is 151 Å². The van der Waals surface area contributed by atoms with Crippen LogP contribution in [0.2, 0.25) is 0 Å². The lowest BCUT2D eigenvalue weighted by Crippen LogP contribution is -1.96. The minimum Gasteiger partial charge on any atom is -0.224 e. The number of sulfone groups is 1. The van der Waals surface area contributed by atoms with E-state index in [0.29, 0.717) is 26.7 Å². The van der Waals surface area contributed by atoms with Crippen molar-refractivity contribution in [2.45, 2.75) is 4.90 Å². The van der Waals surface area contributed by atoms with Gasteiger partial charge in [0.2, 0.25) is 4.96 Å². The molecule has 9 heteroatoms. The molecule has 0 saturated heterocycles. The molecule has 0 saturated carbocycles. The number of rotatable bonds is 3. The van der Waals surface area contributed by atoms with Crippen LogP contribution in [0.25, 0.3) is 26.7 Å². The molecule has 26 heavy (non-hydrogen) atoms. The summed E-state index contributed by atoms with van der Waals surface area (Å²) in [5.41, 5.74) is 1.52. The third kappa shape index (κ3) is 2.89. The molecule has 2 heterocycles. The monoisotopic (exact) mass is 391 g/mol. The van der Waals surface area contributed by atoms with Crippen LogP contribution in [0.4, 0.5) is 8.78 Å². The highest BCUT2D eigenvalue weighted by Crippen LogP contribution is 2.39. The van der Waals surface area contributed by atoms with Gasteiger partial charge in [0.05, 0.1) is 15.5 Å². The van der Waals surface area contributed by atoms with Crippen LogP contribution in [0.3, 0.4) is 0 Å². The smallest absolute Gasteiger partial charge is 0.213 e. The molecule has 4 rings (SSSR count). The van der Waals surface area contributed by atoms with Crippen molar-refractivity contribution in [2.75, 3.05) is 6.26 Å². The standard InChI is InChI=1S/C17H11F2N3O2S2/c1-26(23,24)14-4-2-10(3-5-14)16-15(22-17(25-16)20-9-21-22)11-6-12(18)8-13(19)7-11/h2-9H,1H3. The van der Waals surface area contributed by atoms with Crippen molar-refractivity contribution in [3.8, 4) is 21.7 Å². The Bertz CT molecular complexity index is 1210. The van der Waals surface area contributed by atoms with E-state index < -0.39 is 21.5 Å². The van der Waals surface area contributed by atoms with Crippen molar-refractivity contribution in [1.29, 1.82) is 0 Å². The second-order valence-corrected chi connectivity index (χ2v) is 8.68. The van der Waals surface area contributed by atoms with E-state index in [9.17, 15) is 17.2 Å². The zero-order valence-electron chi connectivity index (χ0n) is 13.3. The van der Waals surface area contributed by atoms with E-state index in [1.165, 1.54) is 46.4 Å². The molecular weight excluding hydrogens is 380 g/mol. The van der Waals surface area contributed by atoms with Crippen LogP contribution in [0.5, 0.6) is 0 Å². The summed E-state index contributed by atoms with van der Waals surface area (Å²) in [5.74, 6) is -1.39.